The number of hydroxylamine groups is 2. The van der Waals surface area contributed by atoms with Crippen LogP contribution in [0, 0.1) is 17.7 Å². The summed E-state index contributed by atoms with van der Waals surface area (Å²) in [7, 11) is 0. The van der Waals surface area contributed by atoms with Crippen molar-refractivity contribution < 1.29 is 19.2 Å². The number of nitrogens with two attached hydrogens (primary N) is 1. The van der Waals surface area contributed by atoms with E-state index >= 15 is 0 Å². The zero-order valence-electron chi connectivity index (χ0n) is 17.8. The van der Waals surface area contributed by atoms with Crippen LogP contribution in [0.25, 0.3) is 11.1 Å². The van der Waals surface area contributed by atoms with Crippen LogP contribution in [-0.2, 0) is 13.0 Å². The maximum Gasteiger partial charge on any atom is 0.339 e. The third-order valence-electron chi connectivity index (χ3n) is 5.49. The van der Waals surface area contributed by atoms with Crippen molar-refractivity contribution >= 4 is 11.9 Å². The van der Waals surface area contributed by atoms with E-state index in [0.29, 0.717) is 35.7 Å². The topological polar surface area (TPSA) is 86.9 Å². The fraction of sp³-hybridized carbons (Fsp3) is 0.154. The molecule has 0 unspecified atom stereocenters. The number of hydrogen-bond donors (Lipinski definition) is 2. The second-order valence-corrected chi connectivity index (χ2v) is 7.75. The predicted octanol–water partition coefficient (Wildman–Crippen LogP) is 3.81. The standard InChI is InChI=1S/C26H22FN3O3/c27-23-10-8-21(9-11-23)20-6-3-19(4-7-20)17-29-15-13-22-16-18(5-12-24(22)25(29)31)2-1-14-30(33)26(28)32/h3-12,16,33H,13-15,17H2,(H2,28,32). The number of benzene rings is 3. The molecule has 1 aliphatic rings. The Hall–Kier alpha value is -4.15. The third-order valence-corrected chi connectivity index (χ3v) is 5.49. The molecule has 3 aromatic rings. The zero-order valence-corrected chi connectivity index (χ0v) is 17.8. The summed E-state index contributed by atoms with van der Waals surface area (Å²) in [6.07, 6.45) is 0.706. The predicted molar refractivity (Wildman–Crippen MR) is 122 cm³/mol. The van der Waals surface area contributed by atoms with Gasteiger partial charge in [0.15, 0.2) is 0 Å². The molecular weight excluding hydrogens is 421 g/mol. The molecule has 3 amide bonds. The Morgan fingerprint density at radius 2 is 1.73 bits per heavy atom. The van der Waals surface area contributed by atoms with Crippen molar-refractivity contribution in [2.24, 2.45) is 5.73 Å². The summed E-state index contributed by atoms with van der Waals surface area (Å²) in [6, 6.07) is 18.7. The fourth-order valence-electron chi connectivity index (χ4n) is 3.72. The first-order chi connectivity index (χ1) is 15.9. The van der Waals surface area contributed by atoms with Crippen molar-refractivity contribution in [2.45, 2.75) is 13.0 Å². The van der Waals surface area contributed by atoms with Gasteiger partial charge in [-0.3, -0.25) is 10.0 Å². The Balaban J connectivity index is 1.42. The summed E-state index contributed by atoms with van der Waals surface area (Å²) < 4.78 is 13.1. The van der Waals surface area contributed by atoms with Crippen molar-refractivity contribution in [1.82, 2.24) is 9.96 Å². The van der Waals surface area contributed by atoms with Crippen molar-refractivity contribution in [3.63, 3.8) is 0 Å². The number of hydrogen-bond acceptors (Lipinski definition) is 3. The minimum absolute atomic E-state index is 0.0337. The summed E-state index contributed by atoms with van der Waals surface area (Å²) in [5.74, 6) is 5.24. The number of halogens is 1. The third kappa shape index (κ3) is 5.20. The summed E-state index contributed by atoms with van der Waals surface area (Å²) >= 11 is 0. The van der Waals surface area contributed by atoms with Gasteiger partial charge in [-0.15, -0.1) is 0 Å². The molecule has 0 radical (unpaired) electrons. The van der Waals surface area contributed by atoms with E-state index < -0.39 is 6.03 Å². The molecule has 7 heteroatoms. The summed E-state index contributed by atoms with van der Waals surface area (Å²) in [5.41, 5.74) is 10.2. The first kappa shape index (κ1) is 22.1. The highest BCUT2D eigenvalue weighted by atomic mass is 19.1. The van der Waals surface area contributed by atoms with E-state index in [0.717, 1.165) is 22.3 Å². The van der Waals surface area contributed by atoms with Crippen LogP contribution < -0.4 is 5.73 Å². The van der Waals surface area contributed by atoms with E-state index in [9.17, 15) is 19.2 Å². The summed E-state index contributed by atoms with van der Waals surface area (Å²) in [5, 5.41) is 9.59. The van der Waals surface area contributed by atoms with Crippen LogP contribution in [0.15, 0.2) is 66.7 Å². The Morgan fingerprint density at radius 3 is 2.39 bits per heavy atom. The van der Waals surface area contributed by atoms with Gasteiger partial charge in [-0.05, 0) is 59.0 Å². The molecule has 0 aromatic heterocycles. The number of amides is 3. The molecule has 0 spiro atoms. The number of carbonyl (C=O) groups excluding carboxylic acids is 2. The second-order valence-electron chi connectivity index (χ2n) is 7.75. The minimum Gasteiger partial charge on any atom is -0.350 e. The van der Waals surface area contributed by atoms with E-state index in [4.69, 9.17) is 5.73 Å². The van der Waals surface area contributed by atoms with Crippen molar-refractivity contribution in [1.29, 1.82) is 0 Å². The van der Waals surface area contributed by atoms with Crippen LogP contribution >= 0.6 is 0 Å². The highest BCUT2D eigenvalue weighted by molar-refractivity contribution is 5.97. The number of fused-ring (bicyclic) bond motifs is 1. The summed E-state index contributed by atoms with van der Waals surface area (Å²) in [6.45, 7) is 0.899. The largest absolute Gasteiger partial charge is 0.350 e. The first-order valence-electron chi connectivity index (χ1n) is 10.4. The van der Waals surface area contributed by atoms with Gasteiger partial charge in [0.2, 0.25) is 0 Å². The minimum atomic E-state index is -0.967. The molecule has 0 fully saturated rings. The Kier molecular flexibility index (Phi) is 6.38. The van der Waals surface area contributed by atoms with Crippen molar-refractivity contribution in [3.8, 4) is 23.0 Å². The molecular formula is C26H22FN3O3. The van der Waals surface area contributed by atoms with Crippen LogP contribution in [0.5, 0.6) is 0 Å². The zero-order chi connectivity index (χ0) is 23.4. The smallest absolute Gasteiger partial charge is 0.339 e. The molecule has 6 nitrogen and oxygen atoms in total. The number of primary amides is 1. The molecule has 33 heavy (non-hydrogen) atoms. The van der Waals surface area contributed by atoms with E-state index in [1.807, 2.05) is 35.2 Å². The van der Waals surface area contributed by atoms with Gasteiger partial charge in [0, 0.05) is 24.2 Å². The highest BCUT2D eigenvalue weighted by Gasteiger charge is 2.24. The van der Waals surface area contributed by atoms with Gasteiger partial charge < -0.3 is 10.6 Å². The number of carbonyl (C=O) groups is 2. The summed E-state index contributed by atoms with van der Waals surface area (Å²) in [4.78, 5) is 25.6. The van der Waals surface area contributed by atoms with Gasteiger partial charge in [0.25, 0.3) is 5.91 Å². The Labute approximate surface area is 191 Å². The van der Waals surface area contributed by atoms with Crippen LogP contribution in [0.4, 0.5) is 9.18 Å². The van der Waals surface area contributed by atoms with Crippen LogP contribution in [-0.4, -0.2) is 40.2 Å². The van der Waals surface area contributed by atoms with E-state index in [-0.39, 0.29) is 18.3 Å². The van der Waals surface area contributed by atoms with Gasteiger partial charge in [-0.1, -0.05) is 48.2 Å². The maximum atomic E-state index is 13.1. The lowest BCUT2D eigenvalue weighted by molar-refractivity contribution is -0.0269. The lowest BCUT2D eigenvalue weighted by Gasteiger charge is -2.29. The average molecular weight is 443 g/mol. The normalized spacial score (nSPS) is 12.5. The van der Waals surface area contributed by atoms with Crippen molar-refractivity contribution in [3.05, 3.63) is 94.8 Å². The molecule has 0 saturated carbocycles. The van der Waals surface area contributed by atoms with Gasteiger partial charge >= 0.3 is 6.03 Å². The van der Waals surface area contributed by atoms with Crippen LogP contribution in [0.3, 0.4) is 0 Å². The van der Waals surface area contributed by atoms with E-state index in [2.05, 4.69) is 11.8 Å². The van der Waals surface area contributed by atoms with Gasteiger partial charge in [0.1, 0.15) is 12.4 Å². The molecule has 1 aliphatic heterocycles. The molecule has 0 aliphatic carbocycles. The molecule has 3 N–H and O–H groups in total. The van der Waals surface area contributed by atoms with Gasteiger partial charge in [-0.25, -0.2) is 9.18 Å². The molecule has 166 valence electrons. The molecule has 0 atom stereocenters. The van der Waals surface area contributed by atoms with Crippen LogP contribution in [0.2, 0.25) is 0 Å². The molecule has 0 bridgehead atoms. The average Bonchev–Trinajstić information content (AvgIpc) is 2.82. The Bertz CT molecular complexity index is 1240. The highest BCUT2D eigenvalue weighted by Crippen LogP contribution is 2.24. The molecule has 0 saturated heterocycles. The monoisotopic (exact) mass is 443 g/mol. The SMILES string of the molecule is NC(=O)N(O)CC#Cc1ccc2c(c1)CCN(Cc1ccc(-c3ccc(F)cc3)cc1)C2=O. The van der Waals surface area contributed by atoms with Crippen LogP contribution in [0.1, 0.15) is 27.0 Å². The number of urea groups is 1. The Morgan fingerprint density at radius 1 is 1.06 bits per heavy atom. The van der Waals surface area contributed by atoms with E-state index in [1.54, 1.807) is 24.3 Å². The molecule has 1 heterocycles. The second kappa shape index (κ2) is 9.55. The van der Waals surface area contributed by atoms with Crippen molar-refractivity contribution in [2.75, 3.05) is 13.1 Å². The number of rotatable bonds is 4. The number of nitrogens with zero attached hydrogens (tertiary/aromatic N) is 2. The first-order valence-corrected chi connectivity index (χ1v) is 10.4. The molecule has 4 rings (SSSR count). The lowest BCUT2D eigenvalue weighted by atomic mass is 9.96. The fourth-order valence-corrected chi connectivity index (χ4v) is 3.72. The van der Waals surface area contributed by atoms with E-state index in [1.165, 1.54) is 12.1 Å². The maximum absolute atomic E-state index is 13.1. The quantitative estimate of drug-likeness (QED) is 0.365. The lowest BCUT2D eigenvalue weighted by Crippen LogP contribution is -2.37. The van der Waals surface area contributed by atoms with Gasteiger partial charge in [-0.2, -0.15) is 5.06 Å². The molecule has 3 aromatic carbocycles. The van der Waals surface area contributed by atoms with Gasteiger partial charge in [0.05, 0.1) is 0 Å².